The number of hydrogen-bond donors (Lipinski definition) is 1. The number of carbonyl (C=O) groups excluding carboxylic acids is 1. The Morgan fingerprint density at radius 1 is 1.28 bits per heavy atom. The normalized spacial score (nSPS) is 12.1. The van der Waals surface area contributed by atoms with Crippen LogP contribution in [-0.4, -0.2) is 37.8 Å². The molecule has 0 radical (unpaired) electrons. The molecule has 1 atom stereocenters. The van der Waals surface area contributed by atoms with Crippen LogP contribution in [0.25, 0.3) is 10.7 Å². The molecule has 2 heterocycles. The lowest BCUT2D eigenvalue weighted by atomic mass is 10.2. The number of nitrogens with one attached hydrogen (secondary N) is 1. The van der Waals surface area contributed by atoms with Gasteiger partial charge in [-0.1, -0.05) is 48.2 Å². The zero-order valence-corrected chi connectivity index (χ0v) is 15.8. The standard InChI is InChI=1S/C18H20N4OS2/c1-3-22(12-14-8-5-4-6-9-14)17(23)13(2)25-18-19-16(20-21-18)15-10-7-11-24-15/h4-11,13H,3,12H2,1-2H3,(H,19,20,21)/t13-/m1/s1. The van der Waals surface area contributed by atoms with Crippen molar-refractivity contribution in [2.75, 3.05) is 6.54 Å². The van der Waals surface area contributed by atoms with Gasteiger partial charge < -0.3 is 4.90 Å². The van der Waals surface area contributed by atoms with Gasteiger partial charge in [-0.2, -0.15) is 0 Å². The molecule has 0 aliphatic carbocycles. The minimum absolute atomic E-state index is 0.0961. The van der Waals surface area contributed by atoms with Crippen LogP contribution in [0.15, 0.2) is 53.0 Å². The van der Waals surface area contributed by atoms with E-state index in [2.05, 4.69) is 15.2 Å². The van der Waals surface area contributed by atoms with Crippen LogP contribution in [0.5, 0.6) is 0 Å². The molecule has 5 nitrogen and oxygen atoms in total. The molecule has 0 unspecified atom stereocenters. The average Bonchev–Trinajstić information content (AvgIpc) is 3.31. The molecule has 7 heteroatoms. The average molecular weight is 373 g/mol. The zero-order valence-electron chi connectivity index (χ0n) is 14.2. The first-order valence-corrected chi connectivity index (χ1v) is 9.89. The van der Waals surface area contributed by atoms with Crippen LogP contribution in [0, 0.1) is 0 Å². The Morgan fingerprint density at radius 2 is 2.08 bits per heavy atom. The fraction of sp³-hybridized carbons (Fsp3) is 0.278. The van der Waals surface area contributed by atoms with Gasteiger partial charge in [0, 0.05) is 13.1 Å². The van der Waals surface area contributed by atoms with E-state index in [9.17, 15) is 4.79 Å². The number of nitrogens with zero attached hydrogens (tertiary/aromatic N) is 3. The maximum absolute atomic E-state index is 12.8. The van der Waals surface area contributed by atoms with Crippen LogP contribution in [0.4, 0.5) is 0 Å². The summed E-state index contributed by atoms with van der Waals surface area (Å²) in [4.78, 5) is 20.1. The van der Waals surface area contributed by atoms with Gasteiger partial charge in [-0.15, -0.1) is 16.4 Å². The van der Waals surface area contributed by atoms with Crippen LogP contribution in [0.2, 0.25) is 0 Å². The van der Waals surface area contributed by atoms with E-state index in [0.717, 1.165) is 16.3 Å². The Bertz CT molecular complexity index is 802. The lowest BCUT2D eigenvalue weighted by Gasteiger charge is -2.23. The van der Waals surface area contributed by atoms with Crippen molar-refractivity contribution in [3.8, 4) is 10.7 Å². The van der Waals surface area contributed by atoms with Crippen molar-refractivity contribution in [2.45, 2.75) is 30.8 Å². The number of H-pyrrole nitrogens is 1. The summed E-state index contributed by atoms with van der Waals surface area (Å²) in [6, 6.07) is 14.0. The van der Waals surface area contributed by atoms with Gasteiger partial charge in [-0.3, -0.25) is 9.89 Å². The second kappa shape index (κ2) is 8.31. The third kappa shape index (κ3) is 4.49. The molecule has 2 aromatic heterocycles. The smallest absolute Gasteiger partial charge is 0.236 e. The molecule has 0 aliphatic rings. The predicted octanol–water partition coefficient (Wildman–Crippen LogP) is 4.06. The Balaban J connectivity index is 1.63. The molecule has 1 N–H and O–H groups in total. The summed E-state index contributed by atoms with van der Waals surface area (Å²) in [6.07, 6.45) is 0. The molecule has 1 aromatic carbocycles. The van der Waals surface area contributed by atoms with Crippen LogP contribution in [-0.2, 0) is 11.3 Å². The molecule has 3 rings (SSSR count). The summed E-state index contributed by atoms with van der Waals surface area (Å²) in [7, 11) is 0. The topological polar surface area (TPSA) is 61.9 Å². The molecule has 25 heavy (non-hydrogen) atoms. The Labute approximate surface area is 155 Å². The van der Waals surface area contributed by atoms with Crippen molar-refractivity contribution in [1.82, 2.24) is 20.1 Å². The van der Waals surface area contributed by atoms with Crippen molar-refractivity contribution in [3.05, 3.63) is 53.4 Å². The number of benzene rings is 1. The third-order valence-corrected chi connectivity index (χ3v) is 5.58. The van der Waals surface area contributed by atoms with Gasteiger partial charge in [-0.05, 0) is 30.9 Å². The number of aromatic amines is 1. The summed E-state index contributed by atoms with van der Waals surface area (Å²) >= 11 is 2.99. The largest absolute Gasteiger partial charge is 0.338 e. The maximum Gasteiger partial charge on any atom is 0.236 e. The predicted molar refractivity (Wildman–Crippen MR) is 103 cm³/mol. The Hall–Kier alpha value is -2.12. The highest BCUT2D eigenvalue weighted by Gasteiger charge is 2.22. The molecule has 130 valence electrons. The SMILES string of the molecule is CCN(Cc1ccccc1)C(=O)[C@@H](C)Sc1n[nH]c(-c2cccs2)n1. The molecular formula is C18H20N4OS2. The van der Waals surface area contributed by atoms with E-state index in [-0.39, 0.29) is 11.2 Å². The first-order valence-electron chi connectivity index (χ1n) is 8.13. The van der Waals surface area contributed by atoms with Gasteiger partial charge >= 0.3 is 0 Å². The minimum Gasteiger partial charge on any atom is -0.338 e. The van der Waals surface area contributed by atoms with E-state index < -0.39 is 0 Å². The quantitative estimate of drug-likeness (QED) is 0.635. The Kier molecular flexibility index (Phi) is 5.88. The van der Waals surface area contributed by atoms with Crippen LogP contribution < -0.4 is 0 Å². The maximum atomic E-state index is 12.8. The number of thiophene rings is 1. The van der Waals surface area contributed by atoms with Crippen molar-refractivity contribution in [3.63, 3.8) is 0 Å². The van der Waals surface area contributed by atoms with Gasteiger partial charge in [0.15, 0.2) is 5.82 Å². The minimum atomic E-state index is -0.240. The van der Waals surface area contributed by atoms with E-state index >= 15 is 0 Å². The van der Waals surface area contributed by atoms with Crippen molar-refractivity contribution < 1.29 is 4.79 Å². The second-order valence-corrected chi connectivity index (χ2v) is 7.80. The van der Waals surface area contributed by atoms with Crippen LogP contribution in [0.1, 0.15) is 19.4 Å². The number of rotatable bonds is 7. The van der Waals surface area contributed by atoms with Gasteiger partial charge in [0.25, 0.3) is 0 Å². The molecule has 0 aliphatic heterocycles. The van der Waals surface area contributed by atoms with E-state index in [1.54, 1.807) is 11.3 Å². The zero-order chi connectivity index (χ0) is 17.6. The molecule has 0 saturated heterocycles. The van der Waals surface area contributed by atoms with E-state index in [4.69, 9.17) is 0 Å². The summed E-state index contributed by atoms with van der Waals surface area (Å²) in [6.45, 7) is 5.20. The van der Waals surface area contributed by atoms with E-state index in [1.165, 1.54) is 11.8 Å². The molecule has 0 bridgehead atoms. The molecule has 0 spiro atoms. The highest BCUT2D eigenvalue weighted by Crippen LogP contribution is 2.26. The first-order chi connectivity index (χ1) is 12.2. The van der Waals surface area contributed by atoms with E-state index in [0.29, 0.717) is 18.2 Å². The summed E-state index contributed by atoms with van der Waals surface area (Å²) < 4.78 is 0. The van der Waals surface area contributed by atoms with Gasteiger partial charge in [0.1, 0.15) is 0 Å². The first kappa shape index (κ1) is 17.7. The third-order valence-electron chi connectivity index (χ3n) is 3.76. The molecule has 3 aromatic rings. The molecular weight excluding hydrogens is 352 g/mol. The van der Waals surface area contributed by atoms with Crippen molar-refractivity contribution >= 4 is 29.0 Å². The lowest BCUT2D eigenvalue weighted by molar-refractivity contribution is -0.130. The summed E-state index contributed by atoms with van der Waals surface area (Å²) in [5.74, 6) is 0.840. The highest BCUT2D eigenvalue weighted by molar-refractivity contribution is 8.00. The summed E-state index contributed by atoms with van der Waals surface area (Å²) in [5.41, 5.74) is 1.13. The lowest BCUT2D eigenvalue weighted by Crippen LogP contribution is -2.36. The Morgan fingerprint density at radius 3 is 2.76 bits per heavy atom. The van der Waals surface area contributed by atoms with Gasteiger partial charge in [0.05, 0.1) is 10.1 Å². The number of thioether (sulfide) groups is 1. The van der Waals surface area contributed by atoms with Gasteiger partial charge in [-0.25, -0.2) is 4.98 Å². The van der Waals surface area contributed by atoms with Gasteiger partial charge in [0.2, 0.25) is 11.1 Å². The van der Waals surface area contributed by atoms with E-state index in [1.807, 2.05) is 66.6 Å². The molecule has 0 fully saturated rings. The molecule has 0 saturated carbocycles. The number of amides is 1. The molecule has 1 amide bonds. The summed E-state index contributed by atoms with van der Waals surface area (Å²) in [5, 5.41) is 9.52. The highest BCUT2D eigenvalue weighted by atomic mass is 32.2. The van der Waals surface area contributed by atoms with Crippen LogP contribution in [0.3, 0.4) is 0 Å². The fourth-order valence-electron chi connectivity index (χ4n) is 2.44. The fourth-order valence-corrected chi connectivity index (χ4v) is 3.91. The van der Waals surface area contributed by atoms with Crippen molar-refractivity contribution in [1.29, 1.82) is 0 Å². The number of carbonyl (C=O) groups is 1. The second-order valence-electron chi connectivity index (χ2n) is 5.54. The monoisotopic (exact) mass is 372 g/mol. The number of hydrogen-bond acceptors (Lipinski definition) is 5. The number of aromatic nitrogens is 3. The van der Waals surface area contributed by atoms with Crippen LogP contribution >= 0.6 is 23.1 Å². The van der Waals surface area contributed by atoms with Crippen molar-refractivity contribution in [2.24, 2.45) is 0 Å².